The molecule has 5 atom stereocenters. The number of benzene rings is 2. The molecule has 3 fully saturated rings. The maximum atomic E-state index is 14.1. The Labute approximate surface area is 243 Å². The Morgan fingerprint density at radius 3 is 2.33 bits per heavy atom. The number of phenols is 1. The second kappa shape index (κ2) is 10.1. The van der Waals surface area contributed by atoms with Crippen LogP contribution in [0.2, 0.25) is 0 Å². The highest BCUT2D eigenvalue weighted by Gasteiger charge is 2.66. The zero-order chi connectivity index (χ0) is 30.1. The van der Waals surface area contributed by atoms with Crippen LogP contribution in [0.15, 0.2) is 30.3 Å². The van der Waals surface area contributed by atoms with Gasteiger partial charge >= 0.3 is 0 Å². The molecule has 220 valence electrons. The lowest BCUT2D eigenvalue weighted by Gasteiger charge is -2.48. The topological polar surface area (TPSA) is 158 Å². The number of carbonyl (C=O) groups is 5. The molecule has 0 aromatic heterocycles. The van der Waals surface area contributed by atoms with Crippen molar-refractivity contribution in [2.24, 2.45) is 29.4 Å². The first-order valence-corrected chi connectivity index (χ1v) is 14.5. The molecular weight excluding hydrogens is 538 g/mol. The molecule has 2 aromatic carbocycles. The number of phenolic OH excluding ortho intramolecular Hbond substituents is 1. The third-order valence-corrected chi connectivity index (χ3v) is 9.73. The molecule has 1 aliphatic heterocycles. The summed E-state index contributed by atoms with van der Waals surface area (Å²) < 4.78 is 0. The van der Waals surface area contributed by atoms with E-state index in [2.05, 4.69) is 4.90 Å². The minimum absolute atomic E-state index is 0.000204. The molecule has 1 heterocycles. The third-order valence-electron chi connectivity index (χ3n) is 9.73. The van der Waals surface area contributed by atoms with Gasteiger partial charge in [-0.1, -0.05) is 24.3 Å². The summed E-state index contributed by atoms with van der Waals surface area (Å²) in [5, 5.41) is 23.0. The van der Waals surface area contributed by atoms with Crippen LogP contribution in [0, 0.1) is 23.7 Å². The van der Waals surface area contributed by atoms with Crippen LogP contribution in [-0.4, -0.2) is 76.9 Å². The summed E-state index contributed by atoms with van der Waals surface area (Å²) in [4.78, 5) is 69.8. The van der Waals surface area contributed by atoms with Gasteiger partial charge in [0.15, 0.2) is 34.7 Å². The zero-order valence-electron chi connectivity index (χ0n) is 23.8. The maximum Gasteiger partial charge on any atom is 0.235 e. The summed E-state index contributed by atoms with van der Waals surface area (Å²) in [5.41, 5.74) is 6.19. The van der Waals surface area contributed by atoms with Crippen molar-refractivity contribution in [2.45, 2.75) is 44.2 Å². The SMILES string of the molecule is CN(C)c1cc(-c2ccc(CN3CCCC3)cc2)c(O)c2c1C[C@H]1C[C@H]3CC(=O)C(C(N)=O)C(=O)[C@@]3(O)C(=O)C1C2=O. The quantitative estimate of drug-likeness (QED) is 0.452. The molecule has 3 aliphatic carbocycles. The maximum absolute atomic E-state index is 14.1. The third kappa shape index (κ3) is 4.19. The second-order valence-electron chi connectivity index (χ2n) is 12.5. The van der Waals surface area contributed by atoms with Gasteiger partial charge in [0.1, 0.15) is 5.75 Å². The van der Waals surface area contributed by atoms with E-state index in [1.54, 1.807) is 0 Å². The molecule has 0 spiro atoms. The number of aliphatic hydroxyl groups is 1. The van der Waals surface area contributed by atoms with Crippen molar-refractivity contribution in [1.82, 2.24) is 4.90 Å². The van der Waals surface area contributed by atoms with Gasteiger partial charge in [0.25, 0.3) is 0 Å². The monoisotopic (exact) mass is 573 g/mol. The van der Waals surface area contributed by atoms with Gasteiger partial charge in [0, 0.05) is 44.2 Å². The molecule has 2 unspecified atom stereocenters. The Balaban J connectivity index is 1.40. The molecule has 4 aliphatic rings. The predicted molar refractivity (Wildman–Crippen MR) is 153 cm³/mol. The Bertz CT molecular complexity index is 1530. The van der Waals surface area contributed by atoms with E-state index in [1.807, 2.05) is 49.3 Å². The lowest BCUT2D eigenvalue weighted by Crippen LogP contribution is -2.68. The number of aromatic hydroxyl groups is 1. The summed E-state index contributed by atoms with van der Waals surface area (Å²) in [6, 6.07) is 9.66. The van der Waals surface area contributed by atoms with Crippen molar-refractivity contribution in [1.29, 1.82) is 0 Å². The number of Topliss-reactive ketones (excluding diaryl/α,β-unsaturated/α-hetero) is 4. The molecule has 0 bridgehead atoms. The van der Waals surface area contributed by atoms with E-state index in [-0.39, 0.29) is 30.6 Å². The highest BCUT2D eigenvalue weighted by molar-refractivity contribution is 6.31. The van der Waals surface area contributed by atoms with E-state index in [0.29, 0.717) is 22.4 Å². The number of fused-ring (bicyclic) bond motifs is 3. The Kier molecular flexibility index (Phi) is 6.81. The number of likely N-dealkylation sites (tertiary alicyclic amines) is 1. The minimum atomic E-state index is -2.66. The normalized spacial score (nSPS) is 29.2. The molecule has 2 aromatic rings. The van der Waals surface area contributed by atoms with Crippen molar-refractivity contribution < 1.29 is 34.2 Å². The highest BCUT2D eigenvalue weighted by Crippen LogP contribution is 2.52. The lowest BCUT2D eigenvalue weighted by molar-refractivity contribution is -0.175. The summed E-state index contributed by atoms with van der Waals surface area (Å²) in [6.07, 6.45) is 2.34. The first-order chi connectivity index (χ1) is 19.9. The zero-order valence-corrected chi connectivity index (χ0v) is 23.8. The van der Waals surface area contributed by atoms with Crippen LogP contribution in [0.4, 0.5) is 5.69 Å². The molecule has 2 saturated carbocycles. The molecule has 10 heteroatoms. The van der Waals surface area contributed by atoms with Gasteiger partial charge in [0.2, 0.25) is 5.91 Å². The molecular formula is C32H35N3O7. The largest absolute Gasteiger partial charge is 0.507 e. The van der Waals surface area contributed by atoms with E-state index < -0.39 is 58.3 Å². The number of anilines is 1. The van der Waals surface area contributed by atoms with Gasteiger partial charge in [-0.3, -0.25) is 28.9 Å². The van der Waals surface area contributed by atoms with Crippen molar-refractivity contribution >= 4 is 34.7 Å². The van der Waals surface area contributed by atoms with Crippen molar-refractivity contribution in [2.75, 3.05) is 32.1 Å². The molecule has 1 saturated heterocycles. The fraction of sp³-hybridized carbons (Fsp3) is 0.469. The number of primary amides is 1. The van der Waals surface area contributed by atoms with E-state index in [4.69, 9.17) is 5.73 Å². The van der Waals surface area contributed by atoms with Crippen LogP contribution in [-0.2, 0) is 32.1 Å². The number of nitrogens with two attached hydrogens (primary N) is 1. The molecule has 42 heavy (non-hydrogen) atoms. The van der Waals surface area contributed by atoms with Crippen LogP contribution in [0.3, 0.4) is 0 Å². The first-order valence-electron chi connectivity index (χ1n) is 14.5. The highest BCUT2D eigenvalue weighted by atomic mass is 16.3. The van der Waals surface area contributed by atoms with Crippen LogP contribution < -0.4 is 10.6 Å². The number of hydrogen-bond acceptors (Lipinski definition) is 9. The van der Waals surface area contributed by atoms with Crippen LogP contribution in [0.5, 0.6) is 5.75 Å². The average molecular weight is 574 g/mol. The minimum Gasteiger partial charge on any atom is -0.507 e. The first kappa shape index (κ1) is 28.2. The lowest BCUT2D eigenvalue weighted by atomic mass is 9.53. The summed E-state index contributed by atoms with van der Waals surface area (Å²) in [7, 11) is 3.67. The van der Waals surface area contributed by atoms with Gasteiger partial charge in [0.05, 0.1) is 11.5 Å². The number of nitrogens with zero attached hydrogens (tertiary/aromatic N) is 2. The number of carbonyl (C=O) groups excluding carboxylic acids is 5. The van der Waals surface area contributed by atoms with E-state index in [9.17, 15) is 34.2 Å². The van der Waals surface area contributed by atoms with Gasteiger partial charge < -0.3 is 20.8 Å². The van der Waals surface area contributed by atoms with Crippen molar-refractivity contribution in [3.8, 4) is 16.9 Å². The molecule has 6 rings (SSSR count). The van der Waals surface area contributed by atoms with Gasteiger partial charge in [-0.05, 0) is 67.4 Å². The fourth-order valence-corrected chi connectivity index (χ4v) is 7.62. The number of amides is 1. The summed E-state index contributed by atoms with van der Waals surface area (Å²) in [5.74, 6) is -10.1. The van der Waals surface area contributed by atoms with Crippen LogP contribution in [0.25, 0.3) is 11.1 Å². The van der Waals surface area contributed by atoms with E-state index >= 15 is 0 Å². The number of rotatable bonds is 5. The number of ketones is 4. The van der Waals surface area contributed by atoms with Crippen molar-refractivity contribution in [3.05, 3.63) is 47.0 Å². The second-order valence-corrected chi connectivity index (χ2v) is 12.5. The number of hydrogen-bond donors (Lipinski definition) is 3. The standard InChI is InChI=1S/C32H35N3O7/c1-34(2)22-14-20(17-7-5-16(6-8-17)15-35-9-3-4-10-35)27(37)25-21(22)12-18-11-19-13-23(36)26(31(33)41)30(40)32(19,42)29(39)24(18)28(25)38/h5-8,14,18-19,24,26,37,42H,3-4,9-13,15H2,1-2H3,(H2,33,41)/t18-,19+,24?,26?,32+/m1/s1. The molecule has 0 radical (unpaired) electrons. The van der Waals surface area contributed by atoms with Gasteiger partial charge in [-0.25, -0.2) is 0 Å². The van der Waals surface area contributed by atoms with Gasteiger partial charge in [-0.2, -0.15) is 0 Å². The van der Waals surface area contributed by atoms with E-state index in [1.165, 1.54) is 12.8 Å². The van der Waals surface area contributed by atoms with E-state index in [0.717, 1.165) is 25.2 Å². The summed E-state index contributed by atoms with van der Waals surface area (Å²) in [6.45, 7) is 2.99. The molecule has 4 N–H and O–H groups in total. The summed E-state index contributed by atoms with van der Waals surface area (Å²) >= 11 is 0. The molecule has 10 nitrogen and oxygen atoms in total. The Morgan fingerprint density at radius 2 is 1.71 bits per heavy atom. The predicted octanol–water partition coefficient (Wildman–Crippen LogP) is 1.66. The van der Waals surface area contributed by atoms with Gasteiger partial charge in [-0.15, -0.1) is 0 Å². The molecule has 1 amide bonds. The Morgan fingerprint density at radius 1 is 1.05 bits per heavy atom. The smallest absolute Gasteiger partial charge is 0.235 e. The van der Waals surface area contributed by atoms with Crippen molar-refractivity contribution in [3.63, 3.8) is 0 Å². The Hall–Kier alpha value is -3.89. The average Bonchev–Trinajstić information content (AvgIpc) is 3.44. The fourth-order valence-electron chi connectivity index (χ4n) is 7.62. The van der Waals surface area contributed by atoms with Crippen LogP contribution in [0.1, 0.15) is 47.2 Å². The van der Waals surface area contributed by atoms with Crippen LogP contribution >= 0.6 is 0 Å².